The number of aromatic nitrogens is 4. The summed E-state index contributed by atoms with van der Waals surface area (Å²) in [6.07, 6.45) is 1.88. The molecule has 2 aromatic heterocycles. The Morgan fingerprint density at radius 3 is 2.56 bits per heavy atom. The van der Waals surface area contributed by atoms with Gasteiger partial charge in [0.25, 0.3) is 0 Å². The van der Waals surface area contributed by atoms with Crippen LogP contribution >= 0.6 is 11.6 Å². The van der Waals surface area contributed by atoms with Gasteiger partial charge in [-0.25, -0.2) is 8.42 Å². The van der Waals surface area contributed by atoms with Crippen LogP contribution in [0.4, 0.5) is 5.95 Å². The molecule has 190 valence electrons. The number of nitrogens with one attached hydrogen (secondary N) is 1. The zero-order valence-corrected chi connectivity index (χ0v) is 21.5. The van der Waals surface area contributed by atoms with Crippen molar-refractivity contribution in [2.75, 3.05) is 32.7 Å². The molecule has 1 aliphatic rings. The Morgan fingerprint density at radius 1 is 1.24 bits per heavy atom. The second-order valence-corrected chi connectivity index (χ2v) is 10.6. The van der Waals surface area contributed by atoms with Gasteiger partial charge in [-0.1, -0.05) is 11.6 Å². The molecule has 2 aromatic rings. The van der Waals surface area contributed by atoms with Crippen LogP contribution in [0.25, 0.3) is 0 Å². The van der Waals surface area contributed by atoms with E-state index in [-0.39, 0.29) is 18.2 Å². The van der Waals surface area contributed by atoms with Crippen LogP contribution in [0.15, 0.2) is 18.3 Å². The molecular weight excluding hydrogens is 486 g/mol. The van der Waals surface area contributed by atoms with E-state index in [1.54, 1.807) is 23.8 Å². The lowest BCUT2D eigenvalue weighted by Crippen LogP contribution is -2.33. The van der Waals surface area contributed by atoms with Gasteiger partial charge >= 0.3 is 0 Å². The molecule has 11 nitrogen and oxygen atoms in total. The summed E-state index contributed by atoms with van der Waals surface area (Å²) >= 11 is 5.92. The maximum Gasteiger partial charge on any atom is 0.240 e. The fraction of sp³-hybridized carbons (Fsp3) is 0.667. The normalized spacial score (nSPS) is 21.4. The van der Waals surface area contributed by atoms with Crippen molar-refractivity contribution in [2.45, 2.75) is 62.9 Å². The van der Waals surface area contributed by atoms with Crippen molar-refractivity contribution in [1.82, 2.24) is 19.7 Å². The minimum atomic E-state index is -3.99. The van der Waals surface area contributed by atoms with Crippen LogP contribution < -0.4 is 4.72 Å². The predicted octanol–water partition coefficient (Wildman–Crippen LogP) is 3.27. The topological polar surface area (TPSA) is 127 Å². The van der Waals surface area contributed by atoms with Gasteiger partial charge in [-0.3, -0.25) is 14.3 Å². The molecule has 1 aliphatic heterocycles. The number of anilines is 1. The maximum absolute atomic E-state index is 13.4. The summed E-state index contributed by atoms with van der Waals surface area (Å²) in [7, 11) is 0.565. The first-order valence-electron chi connectivity index (χ1n) is 11.0. The number of hydrogen-bond donors (Lipinski definition) is 1. The van der Waals surface area contributed by atoms with Crippen molar-refractivity contribution in [3.05, 3.63) is 34.9 Å². The number of hydrogen-bond acceptors (Lipinski definition) is 9. The molecule has 0 radical (unpaired) electrons. The van der Waals surface area contributed by atoms with E-state index in [2.05, 4.69) is 19.9 Å². The first-order chi connectivity index (χ1) is 16.2. The van der Waals surface area contributed by atoms with Gasteiger partial charge in [0.1, 0.15) is 23.7 Å². The fourth-order valence-corrected chi connectivity index (χ4v) is 5.20. The van der Waals surface area contributed by atoms with Crippen LogP contribution in [0.1, 0.15) is 63.1 Å². The highest BCUT2D eigenvalue weighted by atomic mass is 35.5. The predicted molar refractivity (Wildman–Crippen MR) is 126 cm³/mol. The molecule has 0 aliphatic carbocycles. The molecule has 0 saturated carbocycles. The molecule has 3 heterocycles. The third-order valence-electron chi connectivity index (χ3n) is 5.82. The van der Waals surface area contributed by atoms with Crippen molar-refractivity contribution in [1.29, 1.82) is 0 Å². The standard InChI is InChI=1S/C21H32ClN5O6S/c1-13-6-9-17(33-13)20-24-25-21(27(20)18(31-4)10-11-30-3)26-34(28,29)14(2)19(32-5)16-8-7-15(22)12-23-16/h7-8,12-14,17-19H,6,9-11H2,1-5H3,(H,25,26)/t13-,14-,17-,18?,19-/m0/s1. The third-order valence-corrected chi connectivity index (χ3v) is 7.73. The van der Waals surface area contributed by atoms with Gasteiger partial charge in [0.2, 0.25) is 16.0 Å². The number of ether oxygens (including phenoxy) is 4. The lowest BCUT2D eigenvalue weighted by Gasteiger charge is -2.25. The van der Waals surface area contributed by atoms with Crippen LogP contribution in [0, 0.1) is 0 Å². The molecule has 13 heteroatoms. The maximum atomic E-state index is 13.4. The first-order valence-corrected chi connectivity index (χ1v) is 12.9. The van der Waals surface area contributed by atoms with Gasteiger partial charge in [-0.2, -0.15) is 0 Å². The largest absolute Gasteiger partial charge is 0.385 e. The number of pyridine rings is 1. The SMILES string of the molecule is COCCC(OC)n1c(NS(=O)(=O)[C@@H](C)[C@H](OC)c2ccc(Cl)cn2)nnc1[C@@H]1CC[C@H](C)O1. The Labute approximate surface area is 205 Å². The summed E-state index contributed by atoms with van der Waals surface area (Å²) in [5, 5.41) is 7.85. The zero-order valence-electron chi connectivity index (χ0n) is 20.0. The van der Waals surface area contributed by atoms with E-state index in [1.807, 2.05) is 6.92 Å². The number of rotatable bonds is 12. The highest BCUT2D eigenvalue weighted by molar-refractivity contribution is 7.93. The number of sulfonamides is 1. The second-order valence-electron chi connectivity index (χ2n) is 8.15. The highest BCUT2D eigenvalue weighted by Crippen LogP contribution is 2.35. The van der Waals surface area contributed by atoms with Gasteiger partial charge in [0.05, 0.1) is 23.4 Å². The highest BCUT2D eigenvalue weighted by Gasteiger charge is 2.36. The van der Waals surface area contributed by atoms with E-state index in [1.165, 1.54) is 27.3 Å². The van der Waals surface area contributed by atoms with Crippen molar-refractivity contribution < 1.29 is 27.4 Å². The molecule has 34 heavy (non-hydrogen) atoms. The van der Waals surface area contributed by atoms with Gasteiger partial charge in [0, 0.05) is 33.9 Å². The number of methoxy groups -OCH3 is 3. The molecule has 0 aromatic carbocycles. The second kappa shape index (κ2) is 11.7. The number of nitrogens with zero attached hydrogens (tertiary/aromatic N) is 4. The third kappa shape index (κ3) is 6.04. The Kier molecular flexibility index (Phi) is 9.24. The van der Waals surface area contributed by atoms with Crippen LogP contribution in [0.5, 0.6) is 0 Å². The van der Waals surface area contributed by atoms with Crippen molar-refractivity contribution >= 4 is 27.6 Å². The summed E-state index contributed by atoms with van der Waals surface area (Å²) in [5.74, 6) is 0.534. The smallest absolute Gasteiger partial charge is 0.240 e. The van der Waals surface area contributed by atoms with Gasteiger partial charge < -0.3 is 18.9 Å². The van der Waals surface area contributed by atoms with E-state index in [4.69, 9.17) is 30.5 Å². The van der Waals surface area contributed by atoms with E-state index in [0.29, 0.717) is 29.6 Å². The Hall–Kier alpha value is -1.83. The van der Waals surface area contributed by atoms with Crippen LogP contribution in [-0.2, 0) is 29.0 Å². The van der Waals surface area contributed by atoms with Crippen molar-refractivity contribution in [2.24, 2.45) is 0 Å². The monoisotopic (exact) mass is 517 g/mol. The van der Waals surface area contributed by atoms with E-state index < -0.39 is 27.6 Å². The summed E-state index contributed by atoms with van der Waals surface area (Å²) in [6.45, 7) is 3.92. The molecule has 3 rings (SSSR count). The number of halogens is 1. The van der Waals surface area contributed by atoms with Gasteiger partial charge in [-0.15, -0.1) is 10.2 Å². The quantitative estimate of drug-likeness (QED) is 0.451. The van der Waals surface area contributed by atoms with Crippen molar-refractivity contribution in [3.63, 3.8) is 0 Å². The molecule has 1 N–H and O–H groups in total. The summed E-state index contributed by atoms with van der Waals surface area (Å²) < 4.78 is 53.3. The Bertz CT molecular complexity index is 1030. The lowest BCUT2D eigenvalue weighted by molar-refractivity contribution is 0.00193. The van der Waals surface area contributed by atoms with Crippen molar-refractivity contribution in [3.8, 4) is 0 Å². The average molecular weight is 518 g/mol. The molecule has 0 bridgehead atoms. The molecule has 0 amide bonds. The Morgan fingerprint density at radius 2 is 2.00 bits per heavy atom. The van der Waals surface area contributed by atoms with Gasteiger partial charge in [-0.05, 0) is 38.8 Å². The average Bonchev–Trinajstić information content (AvgIpc) is 3.42. The minimum Gasteiger partial charge on any atom is -0.385 e. The Balaban J connectivity index is 1.93. The fourth-order valence-electron chi connectivity index (χ4n) is 3.93. The van der Waals surface area contributed by atoms with E-state index in [0.717, 1.165) is 12.8 Å². The summed E-state index contributed by atoms with van der Waals surface area (Å²) in [6, 6.07) is 3.26. The summed E-state index contributed by atoms with van der Waals surface area (Å²) in [4.78, 5) is 4.21. The first kappa shape index (κ1) is 26.8. The van der Waals surface area contributed by atoms with Crippen LogP contribution in [0.2, 0.25) is 5.02 Å². The van der Waals surface area contributed by atoms with Crippen LogP contribution in [0.3, 0.4) is 0 Å². The molecule has 0 spiro atoms. The molecule has 1 saturated heterocycles. The lowest BCUT2D eigenvalue weighted by atomic mass is 10.2. The molecular formula is C21H32ClN5O6S. The zero-order chi connectivity index (χ0) is 24.9. The molecule has 1 unspecified atom stereocenters. The van der Waals surface area contributed by atoms with Crippen LogP contribution in [-0.4, -0.2) is 67.5 Å². The van der Waals surface area contributed by atoms with E-state index in [9.17, 15) is 8.42 Å². The minimum absolute atomic E-state index is 0.0341. The molecule has 5 atom stereocenters. The van der Waals surface area contributed by atoms with Gasteiger partial charge in [0.15, 0.2) is 5.82 Å². The van der Waals surface area contributed by atoms with E-state index >= 15 is 0 Å². The summed E-state index contributed by atoms with van der Waals surface area (Å²) in [5.41, 5.74) is 0.440. The molecule has 1 fully saturated rings.